The average Bonchev–Trinajstić information content (AvgIpc) is 2.56. The fraction of sp³-hybridized carbons (Fsp3) is 0.750. The van der Waals surface area contributed by atoms with Gasteiger partial charge in [-0.2, -0.15) is 5.10 Å². The van der Waals surface area contributed by atoms with Gasteiger partial charge in [0.25, 0.3) is 0 Å². The van der Waals surface area contributed by atoms with E-state index in [9.17, 15) is 13.2 Å². The summed E-state index contributed by atoms with van der Waals surface area (Å²) in [6, 6.07) is 0. The van der Waals surface area contributed by atoms with Crippen molar-refractivity contribution in [3.63, 3.8) is 0 Å². The van der Waals surface area contributed by atoms with Gasteiger partial charge in [0.15, 0.2) is 0 Å². The van der Waals surface area contributed by atoms with Crippen LogP contribution in [0.5, 0.6) is 0 Å². The molecule has 1 aliphatic rings. The van der Waals surface area contributed by atoms with Crippen molar-refractivity contribution < 1.29 is 8.42 Å². The molecule has 5 nitrogen and oxygen atoms in total. The van der Waals surface area contributed by atoms with Gasteiger partial charge < -0.3 is 0 Å². The lowest BCUT2D eigenvalue weighted by Crippen LogP contribution is -2.28. The van der Waals surface area contributed by atoms with Crippen molar-refractivity contribution in [3.8, 4) is 0 Å². The zero-order valence-electron chi connectivity index (χ0n) is 8.13. The molecule has 84 valence electrons. The molecular formula is C8H12N2O3S2. The van der Waals surface area contributed by atoms with Crippen LogP contribution >= 0.6 is 11.3 Å². The molecule has 1 aromatic heterocycles. The summed E-state index contributed by atoms with van der Waals surface area (Å²) in [6.07, 6.45) is 1.29. The van der Waals surface area contributed by atoms with E-state index in [0.717, 1.165) is 11.3 Å². The Balaban J connectivity index is 1.99. The van der Waals surface area contributed by atoms with Gasteiger partial charge in [-0.3, -0.25) is 4.79 Å². The maximum absolute atomic E-state index is 11.2. The van der Waals surface area contributed by atoms with Crippen molar-refractivity contribution in [2.45, 2.75) is 19.4 Å². The molecule has 0 aliphatic carbocycles. The second-order valence-electron chi connectivity index (χ2n) is 3.78. The first kappa shape index (κ1) is 10.8. The monoisotopic (exact) mass is 248 g/mol. The summed E-state index contributed by atoms with van der Waals surface area (Å²) in [6.45, 7) is 0.553. The van der Waals surface area contributed by atoms with Gasteiger partial charge in [0.05, 0.1) is 11.5 Å². The highest BCUT2D eigenvalue weighted by Crippen LogP contribution is 2.19. The first-order valence-corrected chi connectivity index (χ1v) is 7.48. The van der Waals surface area contributed by atoms with Gasteiger partial charge in [-0.15, -0.1) is 0 Å². The van der Waals surface area contributed by atoms with E-state index in [1.807, 2.05) is 0 Å². The second kappa shape index (κ2) is 4.05. The van der Waals surface area contributed by atoms with Gasteiger partial charge in [-0.05, 0) is 18.8 Å². The normalized spacial score (nSPS) is 21.6. The number of rotatable bonds is 2. The van der Waals surface area contributed by atoms with Crippen molar-refractivity contribution in [1.29, 1.82) is 0 Å². The maximum atomic E-state index is 11.2. The van der Waals surface area contributed by atoms with Crippen LogP contribution in [0.25, 0.3) is 0 Å². The molecule has 0 atom stereocenters. The third-order valence-electron chi connectivity index (χ3n) is 2.66. The molecule has 0 amide bonds. The second-order valence-corrected chi connectivity index (χ2v) is 6.88. The predicted molar refractivity (Wildman–Crippen MR) is 57.8 cm³/mol. The summed E-state index contributed by atoms with van der Waals surface area (Å²) in [4.78, 5) is 11.2. The molecule has 1 aliphatic heterocycles. The quantitative estimate of drug-likeness (QED) is 0.746. The summed E-state index contributed by atoms with van der Waals surface area (Å²) >= 11 is 1.07. The number of nitrogens with zero attached hydrogens (tertiary/aromatic N) is 2. The Bertz CT molecular complexity index is 474. The van der Waals surface area contributed by atoms with Crippen LogP contribution < -0.4 is 4.87 Å². The zero-order valence-corrected chi connectivity index (χ0v) is 9.76. The zero-order chi connectivity index (χ0) is 10.9. The van der Waals surface area contributed by atoms with E-state index in [1.54, 1.807) is 0 Å². The van der Waals surface area contributed by atoms with Gasteiger partial charge in [-0.25, -0.2) is 13.1 Å². The average molecular weight is 248 g/mol. The Hall–Kier alpha value is -0.690. The minimum absolute atomic E-state index is 0.0663. The highest BCUT2D eigenvalue weighted by Gasteiger charge is 2.24. The third-order valence-corrected chi connectivity index (χ3v) is 4.98. The largest absolute Gasteiger partial charge is 0.324 e. The van der Waals surface area contributed by atoms with Gasteiger partial charge in [-0.1, -0.05) is 11.3 Å². The Labute approximate surface area is 91.7 Å². The summed E-state index contributed by atoms with van der Waals surface area (Å²) < 4.78 is 23.8. The van der Waals surface area contributed by atoms with E-state index in [1.165, 1.54) is 10.2 Å². The first-order valence-electron chi connectivity index (χ1n) is 4.78. The van der Waals surface area contributed by atoms with Crippen molar-refractivity contribution in [2.75, 3.05) is 11.5 Å². The van der Waals surface area contributed by atoms with Crippen LogP contribution in [0.4, 0.5) is 0 Å². The standard InChI is InChI=1S/C8H12N2O3S2/c11-8-10(9-6-14-8)5-7-1-3-15(12,13)4-2-7/h6-7H,1-5H2. The smallest absolute Gasteiger partial charge is 0.255 e. The van der Waals surface area contributed by atoms with Crippen LogP contribution in [0.1, 0.15) is 12.8 Å². The Morgan fingerprint density at radius 1 is 1.47 bits per heavy atom. The van der Waals surface area contributed by atoms with E-state index < -0.39 is 9.84 Å². The van der Waals surface area contributed by atoms with Gasteiger partial charge >= 0.3 is 4.87 Å². The van der Waals surface area contributed by atoms with E-state index in [2.05, 4.69) is 5.10 Å². The highest BCUT2D eigenvalue weighted by atomic mass is 32.2. The summed E-state index contributed by atoms with van der Waals surface area (Å²) in [7, 11) is -2.81. The van der Waals surface area contributed by atoms with Crippen molar-refractivity contribution in [3.05, 3.63) is 15.2 Å². The van der Waals surface area contributed by atoms with Crippen molar-refractivity contribution in [2.24, 2.45) is 5.92 Å². The highest BCUT2D eigenvalue weighted by molar-refractivity contribution is 7.91. The lowest BCUT2D eigenvalue weighted by Gasteiger charge is -2.21. The summed E-state index contributed by atoms with van der Waals surface area (Å²) in [5.41, 5.74) is 1.52. The molecule has 1 saturated heterocycles. The topological polar surface area (TPSA) is 69.0 Å². The third kappa shape index (κ3) is 2.66. The lowest BCUT2D eigenvalue weighted by atomic mass is 10.0. The minimum Gasteiger partial charge on any atom is -0.255 e. The molecule has 0 N–H and O–H groups in total. The van der Waals surface area contributed by atoms with Crippen molar-refractivity contribution >= 4 is 21.2 Å². The van der Waals surface area contributed by atoms with Crippen LogP contribution in [0, 0.1) is 5.92 Å². The van der Waals surface area contributed by atoms with Crippen LogP contribution in [-0.4, -0.2) is 29.7 Å². The summed E-state index contributed by atoms with van der Waals surface area (Å²) in [5, 5.41) is 3.92. The van der Waals surface area contributed by atoms with Crippen LogP contribution in [0.3, 0.4) is 0 Å². The Morgan fingerprint density at radius 2 is 2.13 bits per heavy atom. The van der Waals surface area contributed by atoms with Gasteiger partial charge in [0.2, 0.25) is 0 Å². The minimum atomic E-state index is -2.81. The predicted octanol–water partition coefficient (Wildman–Crippen LogP) is 0.130. The van der Waals surface area contributed by atoms with Crippen LogP contribution in [0.15, 0.2) is 10.3 Å². The number of hydrogen-bond donors (Lipinski definition) is 0. The molecule has 15 heavy (non-hydrogen) atoms. The molecule has 0 bridgehead atoms. The first-order chi connectivity index (χ1) is 7.07. The van der Waals surface area contributed by atoms with E-state index >= 15 is 0 Å². The number of sulfone groups is 1. The molecule has 1 aromatic rings. The molecule has 7 heteroatoms. The van der Waals surface area contributed by atoms with Gasteiger partial charge in [0.1, 0.15) is 15.3 Å². The molecule has 2 heterocycles. The molecule has 0 radical (unpaired) electrons. The molecule has 0 aromatic carbocycles. The van der Waals surface area contributed by atoms with Crippen molar-refractivity contribution in [1.82, 2.24) is 9.78 Å². The molecule has 2 rings (SSSR count). The Kier molecular flexibility index (Phi) is 2.92. The molecule has 0 saturated carbocycles. The van der Waals surface area contributed by atoms with Gasteiger partial charge in [0, 0.05) is 6.54 Å². The van der Waals surface area contributed by atoms with Crippen LogP contribution in [0.2, 0.25) is 0 Å². The molecule has 1 fully saturated rings. The maximum Gasteiger partial charge on any atom is 0.324 e. The molecule has 0 spiro atoms. The summed E-state index contributed by atoms with van der Waals surface area (Å²) in [5.74, 6) is 0.765. The number of hydrogen-bond acceptors (Lipinski definition) is 5. The number of aromatic nitrogens is 2. The Morgan fingerprint density at radius 3 is 2.67 bits per heavy atom. The van der Waals surface area contributed by atoms with E-state index in [4.69, 9.17) is 0 Å². The molecule has 0 unspecified atom stereocenters. The fourth-order valence-corrected chi connectivity index (χ4v) is 3.80. The van der Waals surface area contributed by atoms with Crippen LogP contribution in [-0.2, 0) is 16.4 Å². The van der Waals surface area contributed by atoms with E-state index in [-0.39, 0.29) is 22.3 Å². The SMILES string of the molecule is O=c1scnn1CC1CCS(=O)(=O)CC1. The molecular weight excluding hydrogens is 236 g/mol. The fourth-order valence-electron chi connectivity index (χ4n) is 1.72. The lowest BCUT2D eigenvalue weighted by molar-refractivity contribution is 0.380. The van der Waals surface area contributed by atoms with E-state index in [0.29, 0.717) is 19.4 Å².